The molecule has 0 aliphatic heterocycles. The Morgan fingerprint density at radius 3 is 2.42 bits per heavy atom. The number of sulfonamides is 1. The van der Waals surface area contributed by atoms with E-state index in [9.17, 15) is 18.0 Å². The summed E-state index contributed by atoms with van der Waals surface area (Å²) in [5, 5.41) is 3.28. The van der Waals surface area contributed by atoms with E-state index in [1.807, 2.05) is 0 Å². The van der Waals surface area contributed by atoms with Crippen LogP contribution >= 0.6 is 46.1 Å². The lowest BCUT2D eigenvalue weighted by atomic mass is 9.95. The van der Waals surface area contributed by atoms with Gasteiger partial charge in [-0.25, -0.2) is 13.2 Å². The minimum Gasteiger partial charge on any atom is -0.465 e. The molecular formula is C19H19Cl3N2O5S2. The number of carbonyl (C=O) groups excluding carboxylic acids is 2. The number of thiophene rings is 1. The highest BCUT2D eigenvalue weighted by molar-refractivity contribution is 7.92. The third-order valence-electron chi connectivity index (χ3n) is 4.76. The van der Waals surface area contributed by atoms with Crippen LogP contribution in [0.25, 0.3) is 0 Å². The fraction of sp³-hybridized carbons (Fsp3) is 0.368. The topological polar surface area (TPSA) is 92.8 Å². The number of nitrogens with one attached hydrogen (secondary N) is 1. The summed E-state index contributed by atoms with van der Waals surface area (Å²) in [4.78, 5) is 26.2. The van der Waals surface area contributed by atoms with E-state index in [-0.39, 0.29) is 20.8 Å². The number of amides is 1. The van der Waals surface area contributed by atoms with Crippen molar-refractivity contribution in [3.05, 3.63) is 43.2 Å². The lowest BCUT2D eigenvalue weighted by Gasteiger charge is -2.23. The molecule has 0 atom stereocenters. The molecule has 1 aromatic heterocycles. The fourth-order valence-electron chi connectivity index (χ4n) is 3.35. The monoisotopic (exact) mass is 524 g/mol. The molecule has 1 amide bonds. The zero-order valence-corrected chi connectivity index (χ0v) is 20.5. The van der Waals surface area contributed by atoms with Gasteiger partial charge in [0.1, 0.15) is 11.5 Å². The Kier molecular flexibility index (Phi) is 7.43. The molecule has 0 spiro atoms. The van der Waals surface area contributed by atoms with Crippen LogP contribution in [0.2, 0.25) is 15.1 Å². The molecule has 0 saturated heterocycles. The molecule has 3 rings (SSSR count). The number of hydrogen-bond acceptors (Lipinski definition) is 6. The summed E-state index contributed by atoms with van der Waals surface area (Å²) in [6.07, 6.45) is 4.43. The number of benzene rings is 1. The van der Waals surface area contributed by atoms with Gasteiger partial charge in [0, 0.05) is 4.88 Å². The van der Waals surface area contributed by atoms with Crippen LogP contribution in [0, 0.1) is 0 Å². The van der Waals surface area contributed by atoms with Gasteiger partial charge in [-0.1, -0.05) is 34.8 Å². The maximum atomic E-state index is 12.8. The first-order valence-corrected chi connectivity index (χ1v) is 13.0. The van der Waals surface area contributed by atoms with Crippen molar-refractivity contribution in [2.24, 2.45) is 0 Å². The summed E-state index contributed by atoms with van der Waals surface area (Å²) in [7, 11) is -2.62. The van der Waals surface area contributed by atoms with Crippen molar-refractivity contribution in [2.45, 2.75) is 25.7 Å². The molecule has 0 bridgehead atoms. The van der Waals surface area contributed by atoms with E-state index in [0.717, 1.165) is 46.7 Å². The van der Waals surface area contributed by atoms with Crippen molar-refractivity contribution in [1.29, 1.82) is 0 Å². The lowest BCUT2D eigenvalue weighted by Crippen LogP contribution is -2.37. The lowest BCUT2D eigenvalue weighted by molar-refractivity contribution is -0.114. The molecule has 1 aliphatic rings. The van der Waals surface area contributed by atoms with Crippen molar-refractivity contribution < 1.29 is 22.7 Å². The van der Waals surface area contributed by atoms with Crippen LogP contribution in [0.5, 0.6) is 0 Å². The second kappa shape index (κ2) is 9.54. The highest BCUT2D eigenvalue weighted by atomic mass is 35.5. The van der Waals surface area contributed by atoms with Crippen LogP contribution in [0.4, 0.5) is 10.7 Å². The molecular weight excluding hydrogens is 507 g/mol. The fourth-order valence-corrected chi connectivity index (χ4v) is 6.20. The Balaban J connectivity index is 1.92. The maximum Gasteiger partial charge on any atom is 0.341 e. The van der Waals surface area contributed by atoms with Crippen molar-refractivity contribution in [1.82, 2.24) is 0 Å². The molecule has 0 radical (unpaired) electrons. The second-order valence-corrected chi connectivity index (χ2v) is 11.2. The van der Waals surface area contributed by atoms with Gasteiger partial charge in [0.2, 0.25) is 15.9 Å². The Labute approximate surface area is 199 Å². The summed E-state index contributed by atoms with van der Waals surface area (Å²) in [5.41, 5.74) is 1.23. The average Bonchev–Trinajstić information content (AvgIpc) is 3.05. The van der Waals surface area contributed by atoms with E-state index < -0.39 is 28.4 Å². The molecule has 0 saturated carbocycles. The second-order valence-electron chi connectivity index (χ2n) is 6.94. The molecule has 1 N–H and O–H groups in total. The number of esters is 1. The van der Waals surface area contributed by atoms with E-state index in [0.29, 0.717) is 10.6 Å². The smallest absolute Gasteiger partial charge is 0.341 e. The van der Waals surface area contributed by atoms with Crippen molar-refractivity contribution >= 4 is 78.7 Å². The first-order chi connectivity index (χ1) is 14.5. The normalized spacial score (nSPS) is 13.5. The van der Waals surface area contributed by atoms with Gasteiger partial charge < -0.3 is 10.1 Å². The number of fused-ring (bicyclic) bond motifs is 1. The molecule has 2 aromatic rings. The van der Waals surface area contributed by atoms with Gasteiger partial charge in [0.15, 0.2) is 0 Å². The van der Waals surface area contributed by atoms with E-state index in [1.165, 1.54) is 30.6 Å². The van der Waals surface area contributed by atoms with Gasteiger partial charge >= 0.3 is 5.97 Å². The molecule has 168 valence electrons. The predicted molar refractivity (Wildman–Crippen MR) is 125 cm³/mol. The molecule has 12 heteroatoms. The van der Waals surface area contributed by atoms with Gasteiger partial charge in [0.05, 0.1) is 39.7 Å². The number of anilines is 2. The summed E-state index contributed by atoms with van der Waals surface area (Å²) in [5.74, 6) is -1.18. The van der Waals surface area contributed by atoms with Gasteiger partial charge in [0.25, 0.3) is 0 Å². The maximum absolute atomic E-state index is 12.8. The largest absolute Gasteiger partial charge is 0.465 e. The Morgan fingerprint density at radius 1 is 1.13 bits per heavy atom. The number of methoxy groups -OCH3 is 1. The highest BCUT2D eigenvalue weighted by Crippen LogP contribution is 2.39. The zero-order chi connectivity index (χ0) is 22.9. The van der Waals surface area contributed by atoms with E-state index in [2.05, 4.69) is 5.32 Å². The van der Waals surface area contributed by atoms with Gasteiger partial charge in [-0.2, -0.15) is 0 Å². The first kappa shape index (κ1) is 24.1. The van der Waals surface area contributed by atoms with Crippen molar-refractivity contribution in [3.63, 3.8) is 0 Å². The zero-order valence-electron chi connectivity index (χ0n) is 16.6. The minimum atomic E-state index is -3.89. The number of ether oxygens (including phenoxy) is 1. The predicted octanol–water partition coefficient (Wildman–Crippen LogP) is 4.78. The quantitative estimate of drug-likeness (QED) is 0.433. The van der Waals surface area contributed by atoms with E-state index >= 15 is 0 Å². The minimum absolute atomic E-state index is 0.0207. The molecule has 1 aliphatic carbocycles. The Morgan fingerprint density at radius 2 is 1.77 bits per heavy atom. The van der Waals surface area contributed by atoms with Crippen molar-refractivity contribution in [2.75, 3.05) is 29.5 Å². The molecule has 1 aromatic carbocycles. The summed E-state index contributed by atoms with van der Waals surface area (Å²) in [6.45, 7) is -0.570. The van der Waals surface area contributed by atoms with Crippen LogP contribution in [-0.4, -0.2) is 40.2 Å². The number of nitrogens with zero attached hydrogens (tertiary/aromatic N) is 1. The number of hydrogen-bond donors (Lipinski definition) is 1. The van der Waals surface area contributed by atoms with Crippen LogP contribution in [-0.2, 0) is 32.4 Å². The Hall–Kier alpha value is -1.52. The number of carbonyl (C=O) groups is 2. The van der Waals surface area contributed by atoms with Gasteiger partial charge in [-0.3, -0.25) is 9.10 Å². The molecule has 0 unspecified atom stereocenters. The first-order valence-electron chi connectivity index (χ1n) is 9.18. The van der Waals surface area contributed by atoms with Gasteiger partial charge in [-0.15, -0.1) is 11.3 Å². The third-order valence-corrected chi connectivity index (χ3v) is 8.12. The van der Waals surface area contributed by atoms with Gasteiger partial charge in [-0.05, 0) is 43.4 Å². The van der Waals surface area contributed by atoms with Crippen molar-refractivity contribution in [3.8, 4) is 0 Å². The Bertz CT molecular complexity index is 1150. The highest BCUT2D eigenvalue weighted by Gasteiger charge is 2.29. The number of aryl methyl sites for hydroxylation is 1. The summed E-state index contributed by atoms with van der Waals surface area (Å²) in [6, 6.07) is 2.59. The SMILES string of the molecule is COC(=O)c1c(NC(=O)CN(c2cc(Cl)c(Cl)cc2Cl)S(C)(=O)=O)sc2c1CCCC2. The number of halogens is 3. The molecule has 0 fully saturated rings. The van der Waals surface area contributed by atoms with Crippen LogP contribution in [0.1, 0.15) is 33.6 Å². The number of rotatable bonds is 6. The molecule has 7 nitrogen and oxygen atoms in total. The molecule has 31 heavy (non-hydrogen) atoms. The summed E-state index contributed by atoms with van der Waals surface area (Å²) >= 11 is 19.4. The third kappa shape index (κ3) is 5.28. The van der Waals surface area contributed by atoms with Crippen LogP contribution in [0.15, 0.2) is 12.1 Å². The van der Waals surface area contributed by atoms with E-state index in [1.54, 1.807) is 0 Å². The van der Waals surface area contributed by atoms with Crippen LogP contribution in [0.3, 0.4) is 0 Å². The van der Waals surface area contributed by atoms with Crippen LogP contribution < -0.4 is 9.62 Å². The van der Waals surface area contributed by atoms with E-state index in [4.69, 9.17) is 39.5 Å². The summed E-state index contributed by atoms with van der Waals surface area (Å²) < 4.78 is 30.5. The standard InChI is InChI=1S/C19H19Cl3N2O5S2/c1-29-19(26)17-10-5-3-4-6-15(10)30-18(17)23-16(25)9-24(31(2,27)28)14-8-12(21)11(20)7-13(14)22/h7-8H,3-6,9H2,1-2H3,(H,23,25). The molecule has 1 heterocycles. The average molecular weight is 526 g/mol.